The lowest BCUT2D eigenvalue weighted by atomic mass is 10.1. The Labute approximate surface area is 168 Å². The zero-order valence-corrected chi connectivity index (χ0v) is 16.0. The molecule has 0 spiro atoms. The monoisotopic (exact) mass is 416 g/mol. The van der Waals surface area contributed by atoms with Gasteiger partial charge in [-0.1, -0.05) is 30.3 Å². The van der Waals surface area contributed by atoms with Crippen molar-refractivity contribution in [3.05, 3.63) is 65.0 Å². The second-order valence-electron chi connectivity index (χ2n) is 6.17. The van der Waals surface area contributed by atoms with E-state index < -0.39 is 11.7 Å². The van der Waals surface area contributed by atoms with Gasteiger partial charge in [0.15, 0.2) is 5.82 Å². The van der Waals surface area contributed by atoms with E-state index in [2.05, 4.69) is 20.3 Å². The average molecular weight is 416 g/mol. The quantitative estimate of drug-likeness (QED) is 0.473. The average Bonchev–Trinajstić information content (AvgIpc) is 3.16. The van der Waals surface area contributed by atoms with E-state index in [1.165, 1.54) is 13.2 Å². The predicted molar refractivity (Wildman–Crippen MR) is 106 cm³/mol. The molecule has 0 radical (unpaired) electrons. The Bertz CT molecular complexity index is 1160. The van der Waals surface area contributed by atoms with Crippen LogP contribution in [0.25, 0.3) is 21.5 Å². The Kier molecular flexibility index (Phi) is 5.06. The first-order chi connectivity index (χ1) is 13.9. The summed E-state index contributed by atoms with van der Waals surface area (Å²) in [5.74, 6) is 0.653. The maximum absolute atomic E-state index is 12.9. The third-order valence-electron chi connectivity index (χ3n) is 4.22. The molecule has 2 aromatic heterocycles. The highest BCUT2D eigenvalue weighted by atomic mass is 32.1. The fourth-order valence-corrected chi connectivity index (χ4v) is 3.78. The Morgan fingerprint density at radius 3 is 2.66 bits per heavy atom. The van der Waals surface area contributed by atoms with E-state index in [1.807, 2.05) is 29.6 Å². The molecule has 5 nitrogen and oxygen atoms in total. The largest absolute Gasteiger partial charge is 0.467 e. The van der Waals surface area contributed by atoms with E-state index in [-0.39, 0.29) is 18.5 Å². The normalized spacial score (nSPS) is 11.6. The highest BCUT2D eigenvalue weighted by molar-refractivity contribution is 7.17. The summed E-state index contributed by atoms with van der Waals surface area (Å²) in [7, 11) is 1.45. The van der Waals surface area contributed by atoms with Crippen LogP contribution in [0.4, 0.5) is 19.1 Å². The van der Waals surface area contributed by atoms with Gasteiger partial charge in [-0.3, -0.25) is 0 Å². The van der Waals surface area contributed by atoms with Crippen LogP contribution in [0.15, 0.2) is 53.9 Å². The number of anilines is 1. The van der Waals surface area contributed by atoms with Crippen molar-refractivity contribution in [2.24, 2.45) is 0 Å². The first kappa shape index (κ1) is 19.1. The third-order valence-corrected chi connectivity index (χ3v) is 5.19. The number of rotatable bonds is 5. The molecule has 0 aliphatic rings. The van der Waals surface area contributed by atoms with Crippen molar-refractivity contribution in [2.75, 3.05) is 12.4 Å². The zero-order valence-electron chi connectivity index (χ0n) is 15.2. The predicted octanol–water partition coefficient (Wildman–Crippen LogP) is 5.39. The van der Waals surface area contributed by atoms with Crippen LogP contribution in [-0.4, -0.2) is 22.1 Å². The number of nitrogens with zero attached hydrogens (tertiary/aromatic N) is 3. The van der Waals surface area contributed by atoms with Gasteiger partial charge in [-0.2, -0.15) is 28.1 Å². The third kappa shape index (κ3) is 4.14. The van der Waals surface area contributed by atoms with E-state index in [9.17, 15) is 13.2 Å². The summed E-state index contributed by atoms with van der Waals surface area (Å²) in [5.41, 5.74) is 0.602. The first-order valence-electron chi connectivity index (χ1n) is 8.61. The van der Waals surface area contributed by atoms with E-state index in [0.29, 0.717) is 11.4 Å². The summed E-state index contributed by atoms with van der Waals surface area (Å²) in [6, 6.07) is 13.1. The van der Waals surface area contributed by atoms with Gasteiger partial charge < -0.3 is 10.1 Å². The summed E-state index contributed by atoms with van der Waals surface area (Å²) in [6.07, 6.45) is -4.39. The lowest BCUT2D eigenvalue weighted by Crippen LogP contribution is -2.09. The number of hydrogen-bond donors (Lipinski definition) is 1. The molecule has 148 valence electrons. The highest BCUT2D eigenvalue weighted by Gasteiger charge is 2.30. The molecule has 0 aliphatic carbocycles. The summed E-state index contributed by atoms with van der Waals surface area (Å²) in [6.45, 7) is 0.126. The van der Waals surface area contributed by atoms with Gasteiger partial charge in [0.2, 0.25) is 5.95 Å². The van der Waals surface area contributed by atoms with Gasteiger partial charge in [-0.25, -0.2) is 0 Å². The van der Waals surface area contributed by atoms with E-state index in [0.717, 1.165) is 27.8 Å². The van der Waals surface area contributed by atoms with E-state index in [1.54, 1.807) is 17.4 Å². The number of benzene rings is 2. The maximum atomic E-state index is 12.9. The van der Waals surface area contributed by atoms with E-state index in [4.69, 9.17) is 4.74 Å². The molecule has 0 aliphatic heterocycles. The number of nitrogens with one attached hydrogen (secondary N) is 1. The van der Waals surface area contributed by atoms with Crippen LogP contribution in [0.3, 0.4) is 0 Å². The molecule has 0 bridgehead atoms. The molecule has 0 fully saturated rings. The molecule has 4 aromatic rings. The van der Waals surface area contributed by atoms with Crippen molar-refractivity contribution >= 4 is 27.4 Å². The van der Waals surface area contributed by atoms with Gasteiger partial charge in [0.1, 0.15) is 0 Å². The van der Waals surface area contributed by atoms with Crippen molar-refractivity contribution < 1.29 is 17.9 Å². The first-order valence-corrected chi connectivity index (χ1v) is 9.48. The lowest BCUT2D eigenvalue weighted by Gasteiger charge is -2.10. The molecule has 9 heteroatoms. The Morgan fingerprint density at radius 1 is 1.03 bits per heavy atom. The summed E-state index contributed by atoms with van der Waals surface area (Å²) in [4.78, 5) is 12.9. The Balaban J connectivity index is 1.63. The zero-order chi connectivity index (χ0) is 20.4. The highest BCUT2D eigenvalue weighted by Crippen LogP contribution is 2.33. The van der Waals surface area contributed by atoms with Gasteiger partial charge in [0.05, 0.1) is 12.7 Å². The number of alkyl halides is 3. The Morgan fingerprint density at radius 2 is 1.86 bits per heavy atom. The Hall–Kier alpha value is -3.20. The van der Waals surface area contributed by atoms with Crippen molar-refractivity contribution in [1.82, 2.24) is 15.0 Å². The second-order valence-corrected chi connectivity index (χ2v) is 7.08. The van der Waals surface area contributed by atoms with Crippen LogP contribution in [0, 0.1) is 0 Å². The van der Waals surface area contributed by atoms with Gasteiger partial charge >= 0.3 is 12.2 Å². The SMILES string of the molecule is COc1nc(NCc2cccc(C(F)(F)F)c2)nc(-c2csc3ccccc23)n1. The van der Waals surface area contributed by atoms with Crippen molar-refractivity contribution in [1.29, 1.82) is 0 Å². The smallest absolute Gasteiger partial charge is 0.416 e. The minimum absolute atomic E-state index is 0.122. The van der Waals surface area contributed by atoms with Crippen LogP contribution in [0.2, 0.25) is 0 Å². The van der Waals surface area contributed by atoms with Crippen LogP contribution in [0.1, 0.15) is 11.1 Å². The maximum Gasteiger partial charge on any atom is 0.416 e. The number of thiophene rings is 1. The molecule has 0 saturated heterocycles. The molecular weight excluding hydrogens is 401 g/mol. The molecule has 0 unspecified atom stereocenters. The fourth-order valence-electron chi connectivity index (χ4n) is 2.84. The van der Waals surface area contributed by atoms with Crippen molar-refractivity contribution in [3.63, 3.8) is 0 Å². The molecule has 0 saturated carbocycles. The standard InChI is InChI=1S/C20H15F3N4OS/c1-28-19-26-17(15-11-29-16-8-3-2-7-14(15)16)25-18(27-19)24-10-12-5-4-6-13(9-12)20(21,22)23/h2-9,11H,10H2,1H3,(H,24,25,26,27). The molecule has 0 atom stereocenters. The number of hydrogen-bond acceptors (Lipinski definition) is 6. The topological polar surface area (TPSA) is 59.9 Å². The number of fused-ring (bicyclic) bond motifs is 1. The van der Waals surface area contributed by atoms with Crippen LogP contribution >= 0.6 is 11.3 Å². The van der Waals surface area contributed by atoms with Gasteiger partial charge in [-0.15, -0.1) is 11.3 Å². The fraction of sp³-hybridized carbons (Fsp3) is 0.150. The van der Waals surface area contributed by atoms with Crippen LogP contribution < -0.4 is 10.1 Å². The molecule has 1 N–H and O–H groups in total. The van der Waals surface area contributed by atoms with E-state index >= 15 is 0 Å². The molecule has 4 rings (SSSR count). The molecule has 0 amide bonds. The molecular formula is C20H15F3N4OS. The van der Waals surface area contributed by atoms with Gasteiger partial charge in [0, 0.05) is 27.6 Å². The minimum atomic E-state index is -4.39. The number of methoxy groups -OCH3 is 1. The van der Waals surface area contributed by atoms with Gasteiger partial charge in [-0.05, 0) is 23.8 Å². The minimum Gasteiger partial charge on any atom is -0.467 e. The summed E-state index contributed by atoms with van der Waals surface area (Å²) < 4.78 is 45.0. The van der Waals surface area contributed by atoms with Gasteiger partial charge in [0.25, 0.3) is 0 Å². The molecule has 2 heterocycles. The van der Waals surface area contributed by atoms with Crippen molar-refractivity contribution in [2.45, 2.75) is 12.7 Å². The summed E-state index contributed by atoms with van der Waals surface area (Å²) in [5, 5.41) is 5.92. The van der Waals surface area contributed by atoms with Crippen molar-refractivity contribution in [3.8, 4) is 17.4 Å². The summed E-state index contributed by atoms with van der Waals surface area (Å²) >= 11 is 1.57. The second kappa shape index (κ2) is 7.67. The van der Waals surface area contributed by atoms with Crippen LogP contribution in [0.5, 0.6) is 6.01 Å². The number of halogens is 3. The number of ether oxygens (including phenoxy) is 1. The molecule has 29 heavy (non-hydrogen) atoms. The van der Waals surface area contributed by atoms with Crippen LogP contribution in [-0.2, 0) is 12.7 Å². The molecule has 2 aromatic carbocycles. The lowest BCUT2D eigenvalue weighted by molar-refractivity contribution is -0.137. The number of aromatic nitrogens is 3.